The summed E-state index contributed by atoms with van der Waals surface area (Å²) in [6.45, 7) is 2.08. The van der Waals surface area contributed by atoms with Gasteiger partial charge in [-0.3, -0.25) is 0 Å². The van der Waals surface area contributed by atoms with Gasteiger partial charge in [-0.25, -0.2) is 4.99 Å². The first-order valence-electron chi connectivity index (χ1n) is 10.1. The summed E-state index contributed by atoms with van der Waals surface area (Å²) in [7, 11) is 0. The van der Waals surface area contributed by atoms with Crippen molar-refractivity contribution in [2.24, 2.45) is 4.99 Å². The van der Waals surface area contributed by atoms with Crippen LogP contribution in [0, 0.1) is 6.92 Å². The molecule has 0 aliphatic carbocycles. The summed E-state index contributed by atoms with van der Waals surface area (Å²) in [6.07, 6.45) is 0. The number of nitrogens with zero attached hydrogens (tertiary/aromatic N) is 1. The first kappa shape index (κ1) is 18.1. The van der Waals surface area contributed by atoms with Crippen LogP contribution in [0.2, 0.25) is 0 Å². The van der Waals surface area contributed by atoms with E-state index in [1.165, 1.54) is 5.56 Å². The summed E-state index contributed by atoms with van der Waals surface area (Å²) in [5.74, 6) is 0.825. The lowest BCUT2D eigenvalue weighted by atomic mass is 9.95. The number of rotatable bonds is 3. The van der Waals surface area contributed by atoms with Gasteiger partial charge in [0.1, 0.15) is 5.76 Å². The van der Waals surface area contributed by atoms with Gasteiger partial charge in [-0.1, -0.05) is 96.6 Å². The highest BCUT2D eigenvalue weighted by atomic mass is 16.3. The molecule has 4 aromatic carbocycles. The molecular weight excluding hydrogens is 366 g/mol. The van der Waals surface area contributed by atoms with E-state index in [0.717, 1.165) is 38.9 Å². The summed E-state index contributed by atoms with van der Waals surface area (Å²) in [5, 5.41) is 2.12. The number of fused-ring (bicyclic) bond motifs is 1. The Morgan fingerprint density at radius 3 is 1.80 bits per heavy atom. The molecule has 0 fully saturated rings. The second kappa shape index (κ2) is 7.84. The van der Waals surface area contributed by atoms with Crippen LogP contribution in [0.4, 0.5) is 5.69 Å². The van der Waals surface area contributed by atoms with Gasteiger partial charge in [0.2, 0.25) is 5.55 Å². The summed E-state index contributed by atoms with van der Waals surface area (Å²) in [5.41, 5.74) is 5.94. The van der Waals surface area contributed by atoms with Crippen molar-refractivity contribution in [1.29, 1.82) is 0 Å². The minimum atomic E-state index is 0.619. The Morgan fingerprint density at radius 2 is 1.13 bits per heavy atom. The molecule has 5 rings (SSSR count). The third-order valence-electron chi connectivity index (χ3n) is 5.22. The van der Waals surface area contributed by atoms with Crippen LogP contribution < -0.4 is 5.55 Å². The molecule has 0 spiro atoms. The van der Waals surface area contributed by atoms with E-state index in [4.69, 9.17) is 9.41 Å². The molecule has 0 unspecified atom stereocenters. The first-order valence-corrected chi connectivity index (χ1v) is 10.1. The van der Waals surface area contributed by atoms with Crippen LogP contribution >= 0.6 is 0 Å². The van der Waals surface area contributed by atoms with E-state index in [1.807, 2.05) is 42.5 Å². The van der Waals surface area contributed by atoms with Gasteiger partial charge in [0, 0.05) is 16.5 Å². The number of benzene rings is 4. The molecule has 0 N–H and O–H groups in total. The van der Waals surface area contributed by atoms with Crippen molar-refractivity contribution in [3.63, 3.8) is 0 Å². The largest absolute Gasteiger partial charge is 0.437 e. The number of hydrogen-bond donors (Lipinski definition) is 0. The van der Waals surface area contributed by atoms with E-state index in [1.54, 1.807) is 0 Å². The summed E-state index contributed by atoms with van der Waals surface area (Å²) < 4.78 is 6.53. The predicted octanol–water partition coefficient (Wildman–Crippen LogP) is 7.31. The topological polar surface area (TPSA) is 25.5 Å². The molecule has 2 heteroatoms. The monoisotopic (exact) mass is 387 g/mol. The fourth-order valence-electron chi connectivity index (χ4n) is 3.72. The van der Waals surface area contributed by atoms with Crippen molar-refractivity contribution in [3.05, 3.63) is 120 Å². The Kier molecular flexibility index (Phi) is 4.74. The van der Waals surface area contributed by atoms with Crippen molar-refractivity contribution < 1.29 is 4.42 Å². The summed E-state index contributed by atoms with van der Waals surface area (Å²) in [4.78, 5) is 4.86. The Balaban J connectivity index is 1.89. The molecule has 144 valence electrons. The zero-order valence-corrected chi connectivity index (χ0v) is 16.7. The number of hydrogen-bond acceptors (Lipinski definition) is 2. The smallest absolute Gasteiger partial charge is 0.227 e. The van der Waals surface area contributed by atoms with E-state index < -0.39 is 0 Å². The van der Waals surface area contributed by atoms with Crippen molar-refractivity contribution in [3.8, 4) is 22.5 Å². The third-order valence-corrected chi connectivity index (χ3v) is 5.22. The van der Waals surface area contributed by atoms with Gasteiger partial charge in [-0.05, 0) is 36.1 Å². The van der Waals surface area contributed by atoms with Gasteiger partial charge in [-0.2, -0.15) is 0 Å². The standard InChI is InChI=1S/C28H21NO/c1-20-16-18-23(19-17-20)29-28-25-15-9-8-14-24(25)26(21-10-4-2-5-11-21)27(30-28)22-12-6-3-7-13-22/h2-19H,1H3. The van der Waals surface area contributed by atoms with Gasteiger partial charge < -0.3 is 4.42 Å². The normalized spacial score (nSPS) is 11.7. The van der Waals surface area contributed by atoms with Gasteiger partial charge in [0.25, 0.3) is 0 Å². The minimum absolute atomic E-state index is 0.619. The maximum atomic E-state index is 6.53. The summed E-state index contributed by atoms with van der Waals surface area (Å²) >= 11 is 0. The van der Waals surface area contributed by atoms with E-state index in [-0.39, 0.29) is 0 Å². The zero-order chi connectivity index (χ0) is 20.3. The Hall–Kier alpha value is -3.91. The van der Waals surface area contributed by atoms with Crippen LogP contribution in [0.25, 0.3) is 33.2 Å². The molecule has 0 aliphatic heterocycles. The molecule has 30 heavy (non-hydrogen) atoms. The second-order valence-electron chi connectivity index (χ2n) is 7.34. The van der Waals surface area contributed by atoms with Gasteiger partial charge in [0.15, 0.2) is 0 Å². The second-order valence-corrected chi connectivity index (χ2v) is 7.34. The average molecular weight is 387 g/mol. The Morgan fingerprint density at radius 1 is 0.567 bits per heavy atom. The molecule has 2 nitrogen and oxygen atoms in total. The number of aryl methyl sites for hydroxylation is 1. The van der Waals surface area contributed by atoms with Crippen LogP contribution in [0.1, 0.15) is 5.56 Å². The summed E-state index contributed by atoms with van der Waals surface area (Å²) in [6, 6.07) is 37.1. The Bertz CT molecular complexity index is 1370. The van der Waals surface area contributed by atoms with Crippen LogP contribution in [-0.2, 0) is 0 Å². The van der Waals surface area contributed by atoms with Crippen molar-refractivity contribution >= 4 is 16.5 Å². The van der Waals surface area contributed by atoms with Crippen LogP contribution in [0.5, 0.6) is 0 Å². The predicted molar refractivity (Wildman–Crippen MR) is 123 cm³/mol. The van der Waals surface area contributed by atoms with E-state index in [9.17, 15) is 0 Å². The lowest BCUT2D eigenvalue weighted by molar-refractivity contribution is 0.522. The lowest BCUT2D eigenvalue weighted by Crippen LogP contribution is -2.05. The maximum absolute atomic E-state index is 6.53. The van der Waals surface area contributed by atoms with Crippen molar-refractivity contribution in [2.75, 3.05) is 0 Å². The first-order chi connectivity index (χ1) is 14.8. The molecule has 0 aliphatic rings. The molecular formula is C28H21NO. The Labute approximate surface area is 175 Å². The highest BCUT2D eigenvalue weighted by Crippen LogP contribution is 2.36. The van der Waals surface area contributed by atoms with Crippen molar-refractivity contribution in [1.82, 2.24) is 0 Å². The molecule has 0 radical (unpaired) electrons. The molecule has 0 saturated heterocycles. The van der Waals surface area contributed by atoms with Crippen molar-refractivity contribution in [2.45, 2.75) is 6.92 Å². The molecule has 1 heterocycles. The quantitative estimate of drug-likeness (QED) is 0.319. The molecule has 5 aromatic rings. The van der Waals surface area contributed by atoms with Crippen LogP contribution in [0.3, 0.4) is 0 Å². The van der Waals surface area contributed by atoms with Gasteiger partial charge in [-0.15, -0.1) is 0 Å². The van der Waals surface area contributed by atoms with Gasteiger partial charge in [0.05, 0.1) is 5.69 Å². The zero-order valence-electron chi connectivity index (χ0n) is 16.7. The van der Waals surface area contributed by atoms with E-state index in [2.05, 4.69) is 73.7 Å². The molecule has 0 amide bonds. The van der Waals surface area contributed by atoms with Crippen LogP contribution in [0.15, 0.2) is 119 Å². The molecule has 0 bridgehead atoms. The van der Waals surface area contributed by atoms with Crippen LogP contribution in [-0.4, -0.2) is 0 Å². The fourth-order valence-corrected chi connectivity index (χ4v) is 3.72. The van der Waals surface area contributed by atoms with E-state index in [0.29, 0.717) is 5.55 Å². The van der Waals surface area contributed by atoms with Gasteiger partial charge >= 0.3 is 0 Å². The SMILES string of the molecule is Cc1ccc(N=c2oc(-c3ccccc3)c(-c3ccccc3)c3ccccc23)cc1. The maximum Gasteiger partial charge on any atom is 0.227 e. The average Bonchev–Trinajstić information content (AvgIpc) is 2.81. The molecule has 0 atom stereocenters. The fraction of sp³-hybridized carbons (Fsp3) is 0.0357. The highest BCUT2D eigenvalue weighted by Gasteiger charge is 2.16. The molecule has 0 saturated carbocycles. The minimum Gasteiger partial charge on any atom is -0.437 e. The van der Waals surface area contributed by atoms with E-state index >= 15 is 0 Å². The third kappa shape index (κ3) is 3.44. The lowest BCUT2D eigenvalue weighted by Gasteiger charge is -2.13. The molecule has 1 aromatic heterocycles. The highest BCUT2D eigenvalue weighted by molar-refractivity contribution is 6.01.